The van der Waals surface area contributed by atoms with Gasteiger partial charge in [0.15, 0.2) is 0 Å². The Bertz CT molecular complexity index is 1000. The SMILES string of the molecule is Cc1noc(C)c1Cc1ccc(C(=O)Nc2ccc(N3CCOCC3)c(F)c2)s1. The maximum absolute atomic E-state index is 14.5. The number of amides is 1. The van der Waals surface area contributed by atoms with Crippen molar-refractivity contribution >= 4 is 28.6 Å². The van der Waals surface area contributed by atoms with Gasteiger partial charge in [-0.3, -0.25) is 4.79 Å². The van der Waals surface area contributed by atoms with Crippen molar-refractivity contribution in [2.75, 3.05) is 36.5 Å². The van der Waals surface area contributed by atoms with Crippen molar-refractivity contribution in [2.45, 2.75) is 20.3 Å². The van der Waals surface area contributed by atoms with Gasteiger partial charge in [0.2, 0.25) is 0 Å². The van der Waals surface area contributed by atoms with Gasteiger partial charge in [0.1, 0.15) is 11.6 Å². The lowest BCUT2D eigenvalue weighted by Gasteiger charge is -2.29. The molecule has 1 N–H and O–H groups in total. The van der Waals surface area contributed by atoms with Crippen LogP contribution in [0.15, 0.2) is 34.9 Å². The van der Waals surface area contributed by atoms with Gasteiger partial charge in [-0.25, -0.2) is 4.39 Å². The molecule has 1 saturated heterocycles. The number of hydrogen-bond donors (Lipinski definition) is 1. The molecule has 152 valence electrons. The standard InChI is InChI=1S/C21H22FN3O3S/c1-13-17(14(2)28-24-13)12-16-4-6-20(29-16)21(26)23-15-3-5-19(18(22)11-15)25-7-9-27-10-8-25/h3-6,11H,7-10,12H2,1-2H3,(H,23,26). The van der Waals surface area contributed by atoms with E-state index >= 15 is 0 Å². The Labute approximate surface area is 172 Å². The predicted molar refractivity (Wildman–Crippen MR) is 110 cm³/mol. The van der Waals surface area contributed by atoms with Crippen molar-refractivity contribution < 1.29 is 18.4 Å². The van der Waals surface area contributed by atoms with Crippen LogP contribution in [0.5, 0.6) is 0 Å². The Kier molecular flexibility index (Phi) is 5.64. The van der Waals surface area contributed by atoms with E-state index in [9.17, 15) is 9.18 Å². The Hall–Kier alpha value is -2.71. The summed E-state index contributed by atoms with van der Waals surface area (Å²) in [4.78, 5) is 16.1. The molecule has 4 rings (SSSR count). The summed E-state index contributed by atoms with van der Waals surface area (Å²) in [6.07, 6.45) is 0.669. The van der Waals surface area contributed by atoms with Crippen LogP contribution in [0.3, 0.4) is 0 Å². The maximum Gasteiger partial charge on any atom is 0.265 e. The minimum Gasteiger partial charge on any atom is -0.378 e. The third-order valence-electron chi connectivity index (χ3n) is 4.97. The van der Waals surface area contributed by atoms with Crippen molar-refractivity contribution in [3.63, 3.8) is 0 Å². The average molecular weight is 415 g/mol. The summed E-state index contributed by atoms with van der Waals surface area (Å²) < 4.78 is 25.0. The Balaban J connectivity index is 1.43. The van der Waals surface area contributed by atoms with Gasteiger partial charge < -0.3 is 19.5 Å². The molecule has 1 fully saturated rings. The highest BCUT2D eigenvalue weighted by Gasteiger charge is 2.17. The number of rotatable bonds is 5. The third kappa shape index (κ3) is 4.33. The number of ether oxygens (including phenoxy) is 1. The zero-order valence-electron chi connectivity index (χ0n) is 16.3. The summed E-state index contributed by atoms with van der Waals surface area (Å²) in [5.74, 6) is 0.186. The predicted octanol–water partition coefficient (Wildman–Crippen LogP) is 4.17. The van der Waals surface area contributed by atoms with E-state index in [1.54, 1.807) is 18.2 Å². The minimum absolute atomic E-state index is 0.251. The molecule has 0 spiro atoms. The molecule has 0 atom stereocenters. The Morgan fingerprint density at radius 2 is 2.03 bits per heavy atom. The summed E-state index contributed by atoms with van der Waals surface area (Å²) in [6.45, 7) is 6.28. The van der Waals surface area contributed by atoms with E-state index in [0.29, 0.717) is 49.0 Å². The zero-order valence-corrected chi connectivity index (χ0v) is 17.1. The van der Waals surface area contributed by atoms with Crippen LogP contribution in [0.1, 0.15) is 31.6 Å². The highest BCUT2D eigenvalue weighted by molar-refractivity contribution is 7.14. The number of benzene rings is 1. The van der Waals surface area contributed by atoms with Crippen molar-refractivity contribution in [3.05, 3.63) is 62.9 Å². The molecule has 2 aromatic heterocycles. The molecule has 6 nitrogen and oxygen atoms in total. The van der Waals surface area contributed by atoms with Gasteiger partial charge in [-0.05, 0) is 44.2 Å². The summed E-state index contributed by atoms with van der Waals surface area (Å²) in [7, 11) is 0. The highest BCUT2D eigenvalue weighted by atomic mass is 32.1. The van der Waals surface area contributed by atoms with Crippen LogP contribution in [0.2, 0.25) is 0 Å². The van der Waals surface area contributed by atoms with Gasteiger partial charge in [0.25, 0.3) is 5.91 Å². The number of nitrogens with zero attached hydrogens (tertiary/aromatic N) is 2. The van der Waals surface area contributed by atoms with Crippen LogP contribution in [0, 0.1) is 19.7 Å². The van der Waals surface area contributed by atoms with E-state index in [-0.39, 0.29) is 11.7 Å². The number of nitrogens with one attached hydrogen (secondary N) is 1. The lowest BCUT2D eigenvalue weighted by atomic mass is 10.1. The first-order valence-electron chi connectivity index (χ1n) is 9.45. The van der Waals surface area contributed by atoms with E-state index in [1.165, 1.54) is 17.4 Å². The normalized spacial score (nSPS) is 14.2. The molecule has 1 aliphatic rings. The highest BCUT2D eigenvalue weighted by Crippen LogP contribution is 2.26. The number of anilines is 2. The Morgan fingerprint density at radius 1 is 1.24 bits per heavy atom. The zero-order chi connectivity index (χ0) is 20.4. The van der Waals surface area contributed by atoms with Gasteiger partial charge in [-0.1, -0.05) is 5.16 Å². The molecule has 0 saturated carbocycles. The quantitative estimate of drug-likeness (QED) is 0.677. The molecular formula is C21H22FN3O3S. The van der Waals surface area contributed by atoms with Crippen LogP contribution in [0.4, 0.5) is 15.8 Å². The number of carbonyl (C=O) groups is 1. The number of carbonyl (C=O) groups excluding carboxylic acids is 1. The number of aryl methyl sites for hydroxylation is 2. The number of thiophene rings is 1. The van der Waals surface area contributed by atoms with Crippen LogP contribution < -0.4 is 10.2 Å². The van der Waals surface area contributed by atoms with Crippen molar-refractivity contribution in [2.24, 2.45) is 0 Å². The molecule has 3 aromatic rings. The van der Waals surface area contributed by atoms with E-state index in [4.69, 9.17) is 9.26 Å². The lowest BCUT2D eigenvalue weighted by molar-refractivity contribution is 0.103. The molecular weight excluding hydrogens is 393 g/mol. The number of hydrogen-bond acceptors (Lipinski definition) is 6. The first-order chi connectivity index (χ1) is 14.0. The van der Waals surface area contributed by atoms with E-state index < -0.39 is 0 Å². The number of halogens is 1. The van der Waals surface area contributed by atoms with Gasteiger partial charge in [0, 0.05) is 35.6 Å². The summed E-state index contributed by atoms with van der Waals surface area (Å²) >= 11 is 1.41. The fraction of sp³-hybridized carbons (Fsp3) is 0.333. The van der Waals surface area contributed by atoms with Gasteiger partial charge in [0.05, 0.1) is 29.5 Å². The lowest BCUT2D eigenvalue weighted by Crippen LogP contribution is -2.36. The monoisotopic (exact) mass is 415 g/mol. The van der Waals surface area contributed by atoms with Gasteiger partial charge in [-0.2, -0.15) is 0 Å². The minimum atomic E-state index is -0.352. The smallest absolute Gasteiger partial charge is 0.265 e. The summed E-state index contributed by atoms with van der Waals surface area (Å²) in [6, 6.07) is 8.50. The molecule has 3 heterocycles. The van der Waals surface area contributed by atoms with Crippen LogP contribution in [-0.4, -0.2) is 37.4 Å². The number of morpholine rings is 1. The fourth-order valence-corrected chi connectivity index (χ4v) is 4.28. The van der Waals surface area contributed by atoms with Crippen LogP contribution in [-0.2, 0) is 11.2 Å². The fourth-order valence-electron chi connectivity index (χ4n) is 3.36. The van der Waals surface area contributed by atoms with Crippen molar-refractivity contribution in [1.29, 1.82) is 0 Å². The third-order valence-corrected chi connectivity index (χ3v) is 6.06. The van der Waals surface area contributed by atoms with Crippen molar-refractivity contribution in [1.82, 2.24) is 5.16 Å². The molecule has 0 aliphatic carbocycles. The van der Waals surface area contributed by atoms with Gasteiger partial charge in [-0.15, -0.1) is 11.3 Å². The first-order valence-corrected chi connectivity index (χ1v) is 10.3. The number of aromatic nitrogens is 1. The first kappa shape index (κ1) is 19.6. The Morgan fingerprint density at radius 3 is 2.72 bits per heavy atom. The van der Waals surface area contributed by atoms with Crippen LogP contribution in [0.25, 0.3) is 0 Å². The second-order valence-corrected chi connectivity index (χ2v) is 8.13. The topological polar surface area (TPSA) is 67.6 Å². The second-order valence-electron chi connectivity index (χ2n) is 6.97. The average Bonchev–Trinajstić information content (AvgIpc) is 3.31. The molecule has 1 amide bonds. The summed E-state index contributed by atoms with van der Waals surface area (Å²) in [5.41, 5.74) is 2.87. The molecule has 0 unspecified atom stereocenters. The molecule has 29 heavy (non-hydrogen) atoms. The largest absolute Gasteiger partial charge is 0.378 e. The summed E-state index contributed by atoms with van der Waals surface area (Å²) in [5, 5.41) is 6.75. The van der Waals surface area contributed by atoms with Crippen molar-refractivity contribution in [3.8, 4) is 0 Å². The molecule has 1 aromatic carbocycles. The molecule has 1 aliphatic heterocycles. The van der Waals surface area contributed by atoms with E-state index in [2.05, 4.69) is 10.5 Å². The maximum atomic E-state index is 14.5. The van der Waals surface area contributed by atoms with E-state index in [0.717, 1.165) is 21.9 Å². The van der Waals surface area contributed by atoms with E-state index in [1.807, 2.05) is 24.8 Å². The molecule has 0 bridgehead atoms. The molecule has 8 heteroatoms. The molecule has 0 radical (unpaired) electrons. The second kappa shape index (κ2) is 8.34. The van der Waals surface area contributed by atoms with Gasteiger partial charge >= 0.3 is 0 Å². The van der Waals surface area contributed by atoms with Crippen LogP contribution >= 0.6 is 11.3 Å².